The molecule has 0 aromatic rings. The molecule has 0 aliphatic carbocycles. The van der Waals surface area contributed by atoms with Gasteiger partial charge in [0.05, 0.1) is 0 Å². The summed E-state index contributed by atoms with van der Waals surface area (Å²) in [5.41, 5.74) is 0. The van der Waals surface area contributed by atoms with E-state index in [4.69, 9.17) is 0 Å². The maximum atomic E-state index is 2.53. The van der Waals surface area contributed by atoms with Gasteiger partial charge in [0.1, 0.15) is 0 Å². The van der Waals surface area contributed by atoms with E-state index in [1.807, 2.05) is 0 Å². The van der Waals surface area contributed by atoms with Gasteiger partial charge in [0, 0.05) is 44.4 Å². The van der Waals surface area contributed by atoms with Gasteiger partial charge in [-0.15, -0.1) is 0 Å². The van der Waals surface area contributed by atoms with Crippen molar-refractivity contribution in [2.45, 2.75) is 58.9 Å². The lowest BCUT2D eigenvalue weighted by molar-refractivity contribution is 1.51. The van der Waals surface area contributed by atoms with Crippen molar-refractivity contribution in [3.63, 3.8) is 0 Å². The van der Waals surface area contributed by atoms with Crippen molar-refractivity contribution in [1.82, 2.24) is 0 Å². The quantitative estimate of drug-likeness (QED) is 0.665. The number of hydrogen-bond donors (Lipinski definition) is 0. The summed E-state index contributed by atoms with van der Waals surface area (Å²) < 4.78 is 0. The highest BCUT2D eigenvalue weighted by atomic mass is 28.5. The maximum Gasteiger partial charge on any atom is 0.0449 e. The molecule has 0 N–H and O–H groups in total. The van der Waals surface area contributed by atoms with Crippen LogP contribution in [0.4, 0.5) is 0 Å². The zero-order valence-corrected chi connectivity index (χ0v) is 15.7. The molecule has 0 bridgehead atoms. The molecule has 0 unspecified atom stereocenters. The number of rotatable bonds is 3. The minimum atomic E-state index is -1.02. The van der Waals surface area contributed by atoms with Crippen LogP contribution in [0.5, 0.6) is 0 Å². The van der Waals surface area contributed by atoms with Crippen LogP contribution in [0.1, 0.15) is 2.85 Å². The molecule has 0 aromatic heterocycles. The van der Waals surface area contributed by atoms with Crippen molar-refractivity contribution in [2.24, 2.45) is 0 Å². The zero-order valence-electron chi connectivity index (χ0n) is 11.6. The lowest BCUT2D eigenvalue weighted by Crippen LogP contribution is -2.58. The third-order valence-corrected chi connectivity index (χ3v) is 20.2. The van der Waals surface area contributed by atoms with Crippen molar-refractivity contribution >= 4 is 41.6 Å². The minimum absolute atomic E-state index is 0. The molecule has 0 aliphatic rings. The molecule has 0 heterocycles. The lowest BCUT2D eigenvalue weighted by atomic mass is 11.7. The highest BCUT2D eigenvalue weighted by Gasteiger charge is 2.45. The summed E-state index contributed by atoms with van der Waals surface area (Å²) >= 11 is 0. The van der Waals surface area contributed by atoms with Crippen LogP contribution < -0.4 is 0 Å². The van der Waals surface area contributed by atoms with Crippen LogP contribution in [-0.4, -0.2) is 41.6 Å². The molecule has 0 amide bonds. The van der Waals surface area contributed by atoms with E-state index in [1.165, 1.54) is 0 Å². The summed E-state index contributed by atoms with van der Waals surface area (Å²) in [6.45, 7) is 22.7. The SMILES string of the molecule is C[Si](C)(C)[C]([Si](C)(C)C)[Si](C)(C)C.[Al].[HH].[HH]. The summed E-state index contributed by atoms with van der Waals surface area (Å²) in [4.78, 5) is 2.06. The van der Waals surface area contributed by atoms with E-state index >= 15 is 0 Å². The monoisotopic (exact) mass is 262 g/mol. The van der Waals surface area contributed by atoms with Gasteiger partial charge in [0.15, 0.2) is 0 Å². The average molecular weight is 263 g/mol. The zero-order chi connectivity index (χ0) is 11.1. The highest BCUT2D eigenvalue weighted by Crippen LogP contribution is 2.36. The van der Waals surface area contributed by atoms with Gasteiger partial charge in [-0.1, -0.05) is 58.9 Å². The van der Waals surface area contributed by atoms with Crippen LogP contribution >= 0.6 is 0 Å². The first-order valence-electron chi connectivity index (χ1n) is 5.25. The Morgan fingerprint density at radius 2 is 0.714 bits per heavy atom. The predicted octanol–water partition coefficient (Wildman–Crippen LogP) is 4.30. The van der Waals surface area contributed by atoms with E-state index in [0.29, 0.717) is 0 Å². The molecule has 4 radical (unpaired) electrons. The summed E-state index contributed by atoms with van der Waals surface area (Å²) in [7, 11) is -3.05. The third-order valence-electron chi connectivity index (χ3n) is 2.25. The fourth-order valence-corrected chi connectivity index (χ4v) is 30.4. The second kappa shape index (κ2) is 5.01. The summed E-state index contributed by atoms with van der Waals surface area (Å²) in [6, 6.07) is 0. The van der Waals surface area contributed by atoms with Crippen LogP contribution in [0.2, 0.25) is 58.9 Å². The fraction of sp³-hybridized carbons (Fsp3) is 0.900. The first kappa shape index (κ1) is 17.6. The van der Waals surface area contributed by atoms with E-state index in [0.717, 1.165) is 0 Å². The van der Waals surface area contributed by atoms with E-state index in [2.05, 4.69) is 63.7 Å². The van der Waals surface area contributed by atoms with Crippen molar-refractivity contribution in [3.8, 4) is 0 Å². The molecule has 4 heteroatoms. The third kappa shape index (κ3) is 5.32. The smallest absolute Gasteiger partial charge is 0.0449 e. The van der Waals surface area contributed by atoms with Crippen molar-refractivity contribution in [2.75, 3.05) is 0 Å². The summed E-state index contributed by atoms with van der Waals surface area (Å²) in [6.07, 6.45) is 0. The molecule has 0 spiro atoms. The van der Waals surface area contributed by atoms with Crippen LogP contribution in [0, 0.1) is 4.79 Å². The van der Waals surface area contributed by atoms with Crippen LogP contribution in [0.3, 0.4) is 0 Å². The first-order chi connectivity index (χ1) is 5.37. The molecule has 0 nitrogen and oxygen atoms in total. The van der Waals surface area contributed by atoms with Gasteiger partial charge in [0.25, 0.3) is 0 Å². The largest absolute Gasteiger partial charge is 0.0696 e. The molecule has 0 atom stereocenters. The second-order valence-electron chi connectivity index (χ2n) is 7.12. The Bertz CT molecular complexity index is 147. The van der Waals surface area contributed by atoms with Gasteiger partial charge >= 0.3 is 0 Å². The molecule has 0 saturated heterocycles. The van der Waals surface area contributed by atoms with Crippen LogP contribution in [0.15, 0.2) is 0 Å². The molecular weight excluding hydrogens is 231 g/mol. The van der Waals surface area contributed by atoms with Crippen LogP contribution in [-0.2, 0) is 0 Å². The molecule has 0 aliphatic heterocycles. The van der Waals surface area contributed by atoms with Gasteiger partial charge in [-0.05, 0) is 4.79 Å². The Morgan fingerprint density at radius 3 is 0.714 bits per heavy atom. The van der Waals surface area contributed by atoms with Gasteiger partial charge in [-0.25, -0.2) is 0 Å². The van der Waals surface area contributed by atoms with Gasteiger partial charge in [-0.3, -0.25) is 0 Å². The summed E-state index contributed by atoms with van der Waals surface area (Å²) in [5, 5.41) is 0. The fourth-order valence-electron chi connectivity index (χ4n) is 3.38. The number of hydrogen-bond acceptors (Lipinski definition) is 0. The second-order valence-corrected chi connectivity index (χ2v) is 23.6. The maximum absolute atomic E-state index is 2.53. The minimum Gasteiger partial charge on any atom is -0.0696 e. The molecule has 0 rings (SSSR count). The Labute approximate surface area is 108 Å². The Morgan fingerprint density at radius 1 is 0.571 bits per heavy atom. The van der Waals surface area contributed by atoms with Crippen molar-refractivity contribution < 1.29 is 2.85 Å². The molecule has 86 valence electrons. The Kier molecular flexibility index (Phi) is 6.29. The van der Waals surface area contributed by atoms with Crippen LogP contribution in [0.25, 0.3) is 0 Å². The van der Waals surface area contributed by atoms with Gasteiger partial charge < -0.3 is 0 Å². The first-order valence-corrected chi connectivity index (χ1v) is 15.8. The van der Waals surface area contributed by atoms with Crippen molar-refractivity contribution in [1.29, 1.82) is 0 Å². The lowest BCUT2D eigenvalue weighted by Gasteiger charge is -2.45. The molecular formula is C10H31AlSi3. The van der Waals surface area contributed by atoms with E-state index < -0.39 is 24.2 Å². The molecule has 0 fully saturated rings. The highest BCUT2D eigenvalue weighted by molar-refractivity contribution is 7.19. The topological polar surface area (TPSA) is 0 Å². The predicted molar refractivity (Wildman–Crippen MR) is 83.3 cm³/mol. The van der Waals surface area contributed by atoms with E-state index in [9.17, 15) is 0 Å². The summed E-state index contributed by atoms with van der Waals surface area (Å²) in [5.74, 6) is 0. The van der Waals surface area contributed by atoms with Gasteiger partial charge in [0.2, 0.25) is 0 Å². The molecule has 0 saturated carbocycles. The standard InChI is InChI=1S/C10H27Si3.Al.2H2/c1-11(2,3)10(12(4,5)6)13(7,8)9;;;/h1-9H3;;2*1H. The van der Waals surface area contributed by atoms with Crippen molar-refractivity contribution in [3.05, 3.63) is 4.79 Å². The Balaban J connectivity index is -0.000000240. The van der Waals surface area contributed by atoms with Gasteiger partial charge in [-0.2, -0.15) is 0 Å². The average Bonchev–Trinajstić information content (AvgIpc) is 1.44. The van der Waals surface area contributed by atoms with E-state index in [1.54, 1.807) is 0 Å². The van der Waals surface area contributed by atoms with E-state index in [-0.39, 0.29) is 20.2 Å². The normalized spacial score (nSPS) is 14.1. The Hall–Kier alpha value is 1.18. The molecule has 14 heavy (non-hydrogen) atoms. The molecule has 0 aromatic carbocycles.